The zero-order valence-corrected chi connectivity index (χ0v) is 8.99. The van der Waals surface area contributed by atoms with Gasteiger partial charge in [-0.3, -0.25) is 0 Å². The van der Waals surface area contributed by atoms with Gasteiger partial charge in [-0.15, -0.1) is 0 Å². The Morgan fingerprint density at radius 1 is 1.27 bits per heavy atom. The Bertz CT molecular complexity index is 78.5. The second-order valence-electron chi connectivity index (χ2n) is 2.56. The van der Waals surface area contributed by atoms with Crippen molar-refractivity contribution >= 4 is 0 Å². The fraction of sp³-hybridized carbons (Fsp3) is 1.00. The quantitative estimate of drug-likeness (QED) is 0.351. The van der Waals surface area contributed by atoms with E-state index < -0.39 is 0 Å². The molecule has 65 valence electrons. The fourth-order valence-corrected chi connectivity index (χ4v) is 1.06. The van der Waals surface area contributed by atoms with Crippen molar-refractivity contribution in [3.8, 4) is 0 Å². The van der Waals surface area contributed by atoms with E-state index in [1.54, 1.807) is 20.8 Å². The van der Waals surface area contributed by atoms with Gasteiger partial charge in [-0.05, 0) is 0 Å². The Hall–Kier alpha value is 0.634. The maximum absolute atomic E-state index is 5.45. The van der Waals surface area contributed by atoms with Crippen molar-refractivity contribution in [2.24, 2.45) is 0 Å². The van der Waals surface area contributed by atoms with Crippen LogP contribution in [-0.2, 0) is 28.9 Å². The SMILES string of the molecule is CCCCOC(CCC)[O][Ti]. The van der Waals surface area contributed by atoms with Gasteiger partial charge in [-0.1, -0.05) is 0 Å². The zero-order valence-electron chi connectivity index (χ0n) is 7.43. The molecule has 0 heterocycles. The average molecular weight is 193 g/mol. The zero-order chi connectivity index (χ0) is 8.53. The van der Waals surface area contributed by atoms with Gasteiger partial charge in [0, 0.05) is 0 Å². The normalized spacial score (nSPS) is 13.2. The molecule has 0 aliphatic carbocycles. The standard InChI is InChI=1S/C8H17O2.Ti/c1-3-5-7-10-8(9)6-4-2;/h8H,3-7H2,1-2H3;/q-1;+1. The molecule has 0 saturated heterocycles. The molecule has 3 heteroatoms. The molecular weight excluding hydrogens is 176 g/mol. The molecule has 0 aliphatic rings. The molecule has 0 amide bonds. The summed E-state index contributed by atoms with van der Waals surface area (Å²) in [5.41, 5.74) is 0. The molecule has 0 bridgehead atoms. The van der Waals surface area contributed by atoms with Crippen molar-refractivity contribution in [1.29, 1.82) is 0 Å². The Labute approximate surface area is 81.5 Å². The van der Waals surface area contributed by atoms with Crippen LogP contribution in [0.25, 0.3) is 0 Å². The summed E-state index contributed by atoms with van der Waals surface area (Å²) in [4.78, 5) is 0. The maximum atomic E-state index is 5.45. The predicted octanol–water partition coefficient (Wildman–Crippen LogP) is 2.41. The second-order valence-corrected chi connectivity index (χ2v) is 2.93. The van der Waals surface area contributed by atoms with Crippen molar-refractivity contribution in [3.63, 3.8) is 0 Å². The fourth-order valence-electron chi connectivity index (χ4n) is 0.771. The number of hydrogen-bond donors (Lipinski definition) is 0. The first-order valence-electron chi connectivity index (χ1n) is 4.29. The Morgan fingerprint density at radius 2 is 2.00 bits per heavy atom. The summed E-state index contributed by atoms with van der Waals surface area (Å²) in [5.74, 6) is 0. The summed E-state index contributed by atoms with van der Waals surface area (Å²) in [6.45, 7) is 5.12. The van der Waals surface area contributed by atoms with Crippen LogP contribution in [-0.4, -0.2) is 12.9 Å². The summed E-state index contributed by atoms with van der Waals surface area (Å²) in [6.07, 6.45) is 4.45. The van der Waals surface area contributed by atoms with Crippen LogP contribution in [0.1, 0.15) is 39.5 Å². The van der Waals surface area contributed by atoms with E-state index in [9.17, 15) is 0 Å². The molecule has 0 aromatic carbocycles. The van der Waals surface area contributed by atoms with Gasteiger partial charge in [0.2, 0.25) is 0 Å². The number of unbranched alkanes of at least 4 members (excludes halogenated alkanes) is 1. The van der Waals surface area contributed by atoms with Crippen molar-refractivity contribution in [1.82, 2.24) is 0 Å². The van der Waals surface area contributed by atoms with Gasteiger partial charge >= 0.3 is 81.3 Å². The van der Waals surface area contributed by atoms with E-state index in [0.717, 1.165) is 25.9 Å². The monoisotopic (exact) mass is 193 g/mol. The second kappa shape index (κ2) is 8.73. The van der Waals surface area contributed by atoms with Gasteiger partial charge in [-0.2, -0.15) is 0 Å². The van der Waals surface area contributed by atoms with Gasteiger partial charge in [0.05, 0.1) is 0 Å². The van der Waals surface area contributed by atoms with Gasteiger partial charge in [0.25, 0.3) is 0 Å². The van der Waals surface area contributed by atoms with E-state index in [1.807, 2.05) is 0 Å². The number of hydrogen-bond acceptors (Lipinski definition) is 2. The molecule has 0 saturated carbocycles. The van der Waals surface area contributed by atoms with E-state index in [0.29, 0.717) is 0 Å². The Kier molecular flexibility index (Phi) is 9.23. The molecule has 1 unspecified atom stereocenters. The van der Waals surface area contributed by atoms with Crippen molar-refractivity contribution in [2.75, 3.05) is 6.61 Å². The molecule has 0 radical (unpaired) electrons. The first-order chi connectivity index (χ1) is 5.35. The Balaban J connectivity index is 3.20. The van der Waals surface area contributed by atoms with Crippen molar-refractivity contribution in [2.45, 2.75) is 45.8 Å². The summed E-state index contributed by atoms with van der Waals surface area (Å²) < 4.78 is 10.6. The summed E-state index contributed by atoms with van der Waals surface area (Å²) in [5, 5.41) is 0. The summed E-state index contributed by atoms with van der Waals surface area (Å²) >= 11 is 1.70. The van der Waals surface area contributed by atoms with Crippen LogP contribution in [0, 0.1) is 0 Å². The first kappa shape index (κ1) is 11.6. The molecule has 0 rings (SSSR count). The first-order valence-corrected chi connectivity index (χ1v) is 4.92. The molecule has 2 nitrogen and oxygen atoms in total. The molecule has 11 heavy (non-hydrogen) atoms. The average Bonchev–Trinajstić information content (AvgIpc) is 2.03. The molecular formula is C8H17O2Ti. The van der Waals surface area contributed by atoms with E-state index in [2.05, 4.69) is 13.8 Å². The van der Waals surface area contributed by atoms with Crippen LogP contribution in [0.4, 0.5) is 0 Å². The predicted molar refractivity (Wildman–Crippen MR) is 40.6 cm³/mol. The summed E-state index contributed by atoms with van der Waals surface area (Å²) in [7, 11) is 0. The molecule has 0 aromatic heterocycles. The molecule has 1 atom stereocenters. The van der Waals surface area contributed by atoms with Crippen LogP contribution in [0.15, 0.2) is 0 Å². The molecule has 0 aliphatic heterocycles. The van der Waals surface area contributed by atoms with Crippen LogP contribution in [0.3, 0.4) is 0 Å². The van der Waals surface area contributed by atoms with Gasteiger partial charge in [0.1, 0.15) is 0 Å². The number of rotatable bonds is 7. The summed E-state index contributed by atoms with van der Waals surface area (Å²) in [6, 6.07) is 0. The van der Waals surface area contributed by atoms with Gasteiger partial charge in [0.15, 0.2) is 0 Å². The van der Waals surface area contributed by atoms with E-state index in [1.165, 1.54) is 6.42 Å². The Morgan fingerprint density at radius 3 is 2.45 bits per heavy atom. The third-order valence-corrected chi connectivity index (χ3v) is 1.87. The molecule has 0 fully saturated rings. The van der Waals surface area contributed by atoms with E-state index in [-0.39, 0.29) is 6.29 Å². The minimum absolute atomic E-state index is 0.0200. The van der Waals surface area contributed by atoms with Gasteiger partial charge < -0.3 is 0 Å². The third kappa shape index (κ3) is 7.01. The molecule has 0 N–H and O–H groups in total. The van der Waals surface area contributed by atoms with Crippen LogP contribution in [0.2, 0.25) is 0 Å². The number of ether oxygens (including phenoxy) is 1. The topological polar surface area (TPSA) is 18.5 Å². The third-order valence-electron chi connectivity index (χ3n) is 1.46. The molecule has 0 aromatic rings. The van der Waals surface area contributed by atoms with Crippen molar-refractivity contribution in [3.05, 3.63) is 0 Å². The van der Waals surface area contributed by atoms with E-state index >= 15 is 0 Å². The van der Waals surface area contributed by atoms with E-state index in [4.69, 9.17) is 8.06 Å². The van der Waals surface area contributed by atoms with Crippen molar-refractivity contribution < 1.29 is 28.9 Å². The van der Waals surface area contributed by atoms with Crippen LogP contribution >= 0.6 is 0 Å². The van der Waals surface area contributed by atoms with Gasteiger partial charge in [-0.25, -0.2) is 0 Å². The van der Waals surface area contributed by atoms with Crippen LogP contribution < -0.4 is 0 Å². The van der Waals surface area contributed by atoms with Crippen LogP contribution in [0.5, 0.6) is 0 Å². The molecule has 0 spiro atoms. The minimum atomic E-state index is 0.0200.